The fraction of sp³-hybridized carbons (Fsp3) is 1.00. The van der Waals surface area contributed by atoms with E-state index in [0.29, 0.717) is 19.1 Å². The third-order valence-corrected chi connectivity index (χ3v) is 4.92. The maximum atomic E-state index is 11.4. The first-order valence-corrected chi connectivity index (χ1v) is 7.69. The van der Waals surface area contributed by atoms with Gasteiger partial charge in [-0.2, -0.15) is 0 Å². The van der Waals surface area contributed by atoms with Gasteiger partial charge in [0.2, 0.25) is 10.0 Å². The number of sulfonamides is 1. The maximum Gasteiger partial charge on any atom is 0.211 e. The van der Waals surface area contributed by atoms with Crippen LogP contribution in [-0.2, 0) is 10.0 Å². The van der Waals surface area contributed by atoms with Crippen LogP contribution in [0.3, 0.4) is 0 Å². The molecule has 2 heterocycles. The largest absolute Gasteiger partial charge is 0.304 e. The average molecular weight is 247 g/mol. The van der Waals surface area contributed by atoms with Crippen LogP contribution in [0.5, 0.6) is 0 Å². The highest BCUT2D eigenvalue weighted by Crippen LogP contribution is 2.19. The lowest BCUT2D eigenvalue weighted by atomic mass is 10.2. The van der Waals surface area contributed by atoms with Crippen LogP contribution in [-0.4, -0.2) is 81.1 Å². The summed E-state index contributed by atoms with van der Waals surface area (Å²) in [7, 11) is -0.855. The number of piperazine rings is 1. The average Bonchev–Trinajstić information content (AvgIpc) is 2.67. The monoisotopic (exact) mass is 247 g/mol. The van der Waals surface area contributed by atoms with Gasteiger partial charge < -0.3 is 4.90 Å². The molecule has 0 N–H and O–H groups in total. The molecule has 6 heteroatoms. The van der Waals surface area contributed by atoms with E-state index in [1.54, 1.807) is 4.31 Å². The molecule has 0 aliphatic carbocycles. The summed E-state index contributed by atoms with van der Waals surface area (Å²) in [4.78, 5) is 4.75. The highest BCUT2D eigenvalue weighted by Gasteiger charge is 2.32. The van der Waals surface area contributed by atoms with Gasteiger partial charge in [-0.1, -0.05) is 0 Å². The van der Waals surface area contributed by atoms with Crippen LogP contribution in [0.1, 0.15) is 6.42 Å². The van der Waals surface area contributed by atoms with E-state index in [1.165, 1.54) is 6.26 Å². The van der Waals surface area contributed by atoms with E-state index in [9.17, 15) is 8.42 Å². The highest BCUT2D eigenvalue weighted by atomic mass is 32.2. The summed E-state index contributed by atoms with van der Waals surface area (Å²) >= 11 is 0. The second-order valence-electron chi connectivity index (χ2n) is 4.90. The molecular formula is C10H21N3O2S. The SMILES string of the molecule is CN1CCN(C2CCN(S(C)(=O)=O)C2)CC1. The maximum absolute atomic E-state index is 11.4. The molecule has 0 radical (unpaired) electrons. The van der Waals surface area contributed by atoms with E-state index in [0.717, 1.165) is 32.6 Å². The van der Waals surface area contributed by atoms with Crippen molar-refractivity contribution in [2.45, 2.75) is 12.5 Å². The van der Waals surface area contributed by atoms with Crippen LogP contribution in [0.2, 0.25) is 0 Å². The topological polar surface area (TPSA) is 43.9 Å². The van der Waals surface area contributed by atoms with Crippen LogP contribution in [0.15, 0.2) is 0 Å². The summed E-state index contributed by atoms with van der Waals surface area (Å²) in [6.07, 6.45) is 2.29. The molecule has 1 unspecified atom stereocenters. The molecular weight excluding hydrogens is 226 g/mol. The molecule has 5 nitrogen and oxygen atoms in total. The van der Waals surface area contributed by atoms with Crippen molar-refractivity contribution in [1.82, 2.24) is 14.1 Å². The fourth-order valence-electron chi connectivity index (χ4n) is 2.50. The van der Waals surface area contributed by atoms with Gasteiger partial charge in [-0.25, -0.2) is 12.7 Å². The zero-order valence-electron chi connectivity index (χ0n) is 10.1. The van der Waals surface area contributed by atoms with Crippen LogP contribution in [0, 0.1) is 0 Å². The molecule has 2 rings (SSSR count). The first-order chi connectivity index (χ1) is 7.47. The molecule has 2 fully saturated rings. The van der Waals surface area contributed by atoms with Gasteiger partial charge in [0.05, 0.1) is 6.26 Å². The first-order valence-electron chi connectivity index (χ1n) is 5.84. The summed E-state index contributed by atoms with van der Waals surface area (Å²) in [5.74, 6) is 0. The van der Waals surface area contributed by atoms with Gasteiger partial charge in [0.1, 0.15) is 0 Å². The molecule has 2 saturated heterocycles. The van der Waals surface area contributed by atoms with E-state index in [4.69, 9.17) is 0 Å². The molecule has 2 aliphatic heterocycles. The first kappa shape index (κ1) is 12.3. The van der Waals surface area contributed by atoms with Crippen molar-refractivity contribution < 1.29 is 8.42 Å². The molecule has 0 spiro atoms. The molecule has 0 aromatic heterocycles. The van der Waals surface area contributed by atoms with Crippen LogP contribution in [0.4, 0.5) is 0 Å². The molecule has 0 aromatic rings. The Morgan fingerprint density at radius 1 is 1.06 bits per heavy atom. The number of rotatable bonds is 2. The molecule has 1 atom stereocenters. The van der Waals surface area contributed by atoms with Gasteiger partial charge in [0.25, 0.3) is 0 Å². The second-order valence-corrected chi connectivity index (χ2v) is 6.89. The summed E-state index contributed by atoms with van der Waals surface area (Å²) in [5, 5.41) is 0. The minimum Gasteiger partial charge on any atom is -0.304 e. The fourth-order valence-corrected chi connectivity index (χ4v) is 3.38. The van der Waals surface area contributed by atoms with Crippen molar-refractivity contribution in [3.8, 4) is 0 Å². The van der Waals surface area contributed by atoms with Gasteiger partial charge in [0, 0.05) is 45.3 Å². The lowest BCUT2D eigenvalue weighted by Crippen LogP contribution is -2.49. The zero-order valence-corrected chi connectivity index (χ0v) is 10.9. The predicted molar refractivity (Wildman–Crippen MR) is 63.9 cm³/mol. The van der Waals surface area contributed by atoms with E-state index >= 15 is 0 Å². The number of likely N-dealkylation sites (N-methyl/N-ethyl adjacent to an activating group) is 1. The summed E-state index contributed by atoms with van der Waals surface area (Å²) in [6, 6.07) is 0.434. The summed E-state index contributed by atoms with van der Waals surface area (Å²) in [5.41, 5.74) is 0. The minimum absolute atomic E-state index is 0.434. The van der Waals surface area contributed by atoms with Crippen LogP contribution >= 0.6 is 0 Å². The standard InChI is InChI=1S/C10H21N3O2S/c1-11-5-7-12(8-6-11)10-3-4-13(9-10)16(2,14)15/h10H,3-9H2,1-2H3. The Labute approximate surface area is 98.1 Å². The van der Waals surface area contributed by atoms with Gasteiger partial charge in [-0.15, -0.1) is 0 Å². The van der Waals surface area contributed by atoms with Crippen molar-refractivity contribution in [3.63, 3.8) is 0 Å². The Balaban J connectivity index is 1.89. The summed E-state index contributed by atoms with van der Waals surface area (Å²) in [6.45, 7) is 5.70. The van der Waals surface area contributed by atoms with Crippen molar-refractivity contribution in [3.05, 3.63) is 0 Å². The van der Waals surface area contributed by atoms with E-state index in [-0.39, 0.29) is 0 Å². The normalized spacial score (nSPS) is 31.0. The molecule has 2 aliphatic rings. The zero-order chi connectivity index (χ0) is 11.8. The Kier molecular flexibility index (Phi) is 3.53. The molecule has 94 valence electrons. The lowest BCUT2D eigenvalue weighted by Gasteiger charge is -2.36. The number of hydrogen-bond donors (Lipinski definition) is 0. The molecule has 0 saturated carbocycles. The second kappa shape index (κ2) is 4.60. The lowest BCUT2D eigenvalue weighted by molar-refractivity contribution is 0.117. The minimum atomic E-state index is -2.99. The third kappa shape index (κ3) is 2.74. The van der Waals surface area contributed by atoms with Gasteiger partial charge >= 0.3 is 0 Å². The van der Waals surface area contributed by atoms with E-state index < -0.39 is 10.0 Å². The van der Waals surface area contributed by atoms with E-state index in [2.05, 4.69) is 16.8 Å². The van der Waals surface area contributed by atoms with Gasteiger partial charge in [-0.3, -0.25) is 4.90 Å². The molecule has 0 aromatic carbocycles. The van der Waals surface area contributed by atoms with E-state index in [1.807, 2.05) is 0 Å². The van der Waals surface area contributed by atoms with Crippen molar-refractivity contribution in [2.75, 3.05) is 52.6 Å². The Morgan fingerprint density at radius 2 is 1.69 bits per heavy atom. The summed E-state index contributed by atoms with van der Waals surface area (Å²) < 4.78 is 24.4. The van der Waals surface area contributed by atoms with Gasteiger partial charge in [-0.05, 0) is 13.5 Å². The van der Waals surface area contributed by atoms with Crippen molar-refractivity contribution in [1.29, 1.82) is 0 Å². The van der Waals surface area contributed by atoms with Crippen molar-refractivity contribution >= 4 is 10.0 Å². The predicted octanol–water partition coefficient (Wildman–Crippen LogP) is -0.732. The molecule has 0 bridgehead atoms. The smallest absolute Gasteiger partial charge is 0.211 e. The Bertz CT molecular complexity index is 336. The van der Waals surface area contributed by atoms with Crippen LogP contribution in [0.25, 0.3) is 0 Å². The molecule has 0 amide bonds. The van der Waals surface area contributed by atoms with Crippen LogP contribution < -0.4 is 0 Å². The quantitative estimate of drug-likeness (QED) is 0.645. The van der Waals surface area contributed by atoms with Crippen molar-refractivity contribution in [2.24, 2.45) is 0 Å². The Hall–Kier alpha value is -0.170. The number of hydrogen-bond acceptors (Lipinski definition) is 4. The highest BCUT2D eigenvalue weighted by molar-refractivity contribution is 7.88. The molecule has 16 heavy (non-hydrogen) atoms. The Morgan fingerprint density at radius 3 is 2.19 bits per heavy atom. The third-order valence-electron chi connectivity index (χ3n) is 3.65. The number of nitrogens with zero attached hydrogens (tertiary/aromatic N) is 3. The van der Waals surface area contributed by atoms with Gasteiger partial charge in [0.15, 0.2) is 0 Å².